The van der Waals surface area contributed by atoms with E-state index in [2.05, 4.69) is 15.0 Å². The molecule has 2 aliphatic rings. The van der Waals surface area contributed by atoms with Crippen molar-refractivity contribution in [1.29, 1.82) is 0 Å². The normalized spacial score (nSPS) is 26.4. The summed E-state index contributed by atoms with van der Waals surface area (Å²) in [6, 6.07) is 9.62. The van der Waals surface area contributed by atoms with Crippen molar-refractivity contribution in [3.05, 3.63) is 42.2 Å². The van der Waals surface area contributed by atoms with Crippen LogP contribution in [0.4, 0.5) is 5.95 Å². The van der Waals surface area contributed by atoms with Crippen molar-refractivity contribution in [2.24, 2.45) is 0 Å². The van der Waals surface area contributed by atoms with Gasteiger partial charge in [-0.25, -0.2) is 4.98 Å². The molecule has 2 aliphatic heterocycles. The van der Waals surface area contributed by atoms with Crippen molar-refractivity contribution in [1.82, 2.24) is 19.5 Å². The first-order valence-corrected chi connectivity index (χ1v) is 12.5. The van der Waals surface area contributed by atoms with Gasteiger partial charge in [0.1, 0.15) is 24.4 Å². The average Bonchev–Trinajstić information content (AvgIpc) is 3.46. The van der Waals surface area contributed by atoms with Gasteiger partial charge in [0, 0.05) is 0 Å². The molecule has 0 amide bonds. The Hall–Kier alpha value is -2.84. The maximum Gasteiger partial charge on any atom is 0.264 e. The minimum Gasteiger partial charge on any atom is -0.476 e. The van der Waals surface area contributed by atoms with Crippen LogP contribution in [0.15, 0.2) is 36.7 Å². The zero-order valence-electron chi connectivity index (χ0n) is 18.7. The largest absolute Gasteiger partial charge is 0.476 e. The molecule has 1 aromatic carbocycles. The molecule has 2 saturated heterocycles. The maximum absolute atomic E-state index is 11.7. The molecular formula is C21H25N5O7S. The molecule has 4 atom stereocenters. The van der Waals surface area contributed by atoms with Crippen molar-refractivity contribution in [2.75, 3.05) is 31.8 Å². The third-order valence-corrected chi connectivity index (χ3v) is 6.27. The van der Waals surface area contributed by atoms with E-state index in [4.69, 9.17) is 28.9 Å². The van der Waals surface area contributed by atoms with Gasteiger partial charge in [0.15, 0.2) is 17.4 Å². The predicted octanol–water partition coefficient (Wildman–Crippen LogP) is 1.04. The number of aromatic nitrogens is 4. The van der Waals surface area contributed by atoms with Crippen LogP contribution < -0.4 is 10.5 Å². The van der Waals surface area contributed by atoms with Crippen LogP contribution in [0.3, 0.4) is 0 Å². The average molecular weight is 492 g/mol. The Morgan fingerprint density at radius 2 is 2.06 bits per heavy atom. The lowest BCUT2D eigenvalue weighted by Crippen LogP contribution is -2.46. The van der Waals surface area contributed by atoms with Gasteiger partial charge in [-0.3, -0.25) is 8.75 Å². The van der Waals surface area contributed by atoms with Crippen molar-refractivity contribution >= 4 is 27.2 Å². The van der Waals surface area contributed by atoms with Gasteiger partial charge >= 0.3 is 0 Å². The molecular weight excluding hydrogens is 466 g/mol. The Morgan fingerprint density at radius 3 is 2.79 bits per heavy atom. The van der Waals surface area contributed by atoms with E-state index in [-0.39, 0.29) is 31.6 Å². The molecule has 2 N–H and O–H groups in total. The monoisotopic (exact) mass is 491 g/mol. The summed E-state index contributed by atoms with van der Waals surface area (Å²) < 4.78 is 54.5. The summed E-state index contributed by atoms with van der Waals surface area (Å²) in [5.41, 5.74) is 6.52. The van der Waals surface area contributed by atoms with Gasteiger partial charge in [-0.15, -0.1) is 0 Å². The summed E-state index contributed by atoms with van der Waals surface area (Å²) in [5.74, 6) is 0.286. The zero-order chi connectivity index (χ0) is 23.9. The van der Waals surface area contributed by atoms with E-state index in [1.165, 1.54) is 6.33 Å². The third-order valence-electron chi connectivity index (χ3n) is 5.73. The molecule has 12 nitrogen and oxygen atoms in total. The van der Waals surface area contributed by atoms with Crippen molar-refractivity contribution in [2.45, 2.75) is 37.6 Å². The van der Waals surface area contributed by atoms with Crippen molar-refractivity contribution in [3.63, 3.8) is 0 Å². The number of hydrogen-bond donors (Lipinski definition) is 1. The summed E-state index contributed by atoms with van der Waals surface area (Å²) >= 11 is 0. The van der Waals surface area contributed by atoms with Crippen molar-refractivity contribution < 1.29 is 31.5 Å². The summed E-state index contributed by atoms with van der Waals surface area (Å²) in [4.78, 5) is 12.8. The standard InChI is InChI=1S/C21H25N5O7S/c1-3-29-18-14-17(24-20(22)25-18)26(12-23-14)19-15-16(30-9-13-7-5-4-6-8-13)21(33-19,10-31-15)11-32-34(2,27)28/h4-8,12,15-16,19H,3,9-11H2,1-2H3,(H2,22,24,25). The lowest BCUT2D eigenvalue weighted by atomic mass is 10.00. The minimum atomic E-state index is -3.72. The Labute approximate surface area is 196 Å². The van der Waals surface area contributed by atoms with Gasteiger partial charge in [0.2, 0.25) is 11.8 Å². The van der Waals surface area contributed by atoms with E-state index < -0.39 is 34.2 Å². The highest BCUT2D eigenvalue weighted by Gasteiger charge is 2.63. The molecule has 3 aromatic rings. The number of fused-ring (bicyclic) bond motifs is 3. The van der Waals surface area contributed by atoms with Crippen LogP contribution in [0.25, 0.3) is 11.2 Å². The number of rotatable bonds is 9. The molecule has 0 spiro atoms. The molecule has 0 radical (unpaired) electrons. The van der Waals surface area contributed by atoms with Crippen LogP contribution in [-0.2, 0) is 35.1 Å². The Kier molecular flexibility index (Phi) is 5.90. The molecule has 13 heteroatoms. The van der Waals surface area contributed by atoms with E-state index in [1.807, 2.05) is 37.3 Å². The van der Waals surface area contributed by atoms with Crippen LogP contribution in [0.2, 0.25) is 0 Å². The Balaban J connectivity index is 1.49. The smallest absolute Gasteiger partial charge is 0.264 e. The predicted molar refractivity (Wildman–Crippen MR) is 119 cm³/mol. The van der Waals surface area contributed by atoms with Crippen molar-refractivity contribution in [3.8, 4) is 5.88 Å². The quantitative estimate of drug-likeness (QED) is 0.428. The first-order chi connectivity index (χ1) is 16.3. The van der Waals surface area contributed by atoms with Gasteiger partial charge in [0.05, 0.1) is 32.4 Å². The number of nitrogens with two attached hydrogens (primary N) is 1. The molecule has 0 aliphatic carbocycles. The molecule has 4 heterocycles. The van der Waals surface area contributed by atoms with E-state index >= 15 is 0 Å². The summed E-state index contributed by atoms with van der Waals surface area (Å²) in [6.45, 7) is 2.35. The first-order valence-electron chi connectivity index (χ1n) is 10.7. The number of benzene rings is 1. The fraction of sp³-hybridized carbons (Fsp3) is 0.476. The summed E-state index contributed by atoms with van der Waals surface area (Å²) in [7, 11) is -3.72. The molecule has 2 bridgehead atoms. The molecule has 0 saturated carbocycles. The molecule has 5 rings (SSSR count). The summed E-state index contributed by atoms with van der Waals surface area (Å²) in [5, 5.41) is 0. The number of imidazole rings is 1. The molecule has 2 fully saturated rings. The fourth-order valence-corrected chi connectivity index (χ4v) is 4.68. The first kappa shape index (κ1) is 22.9. The topological polar surface area (TPSA) is 150 Å². The second-order valence-corrected chi connectivity index (χ2v) is 9.82. The lowest BCUT2D eigenvalue weighted by Gasteiger charge is -2.31. The number of nitrogen functional groups attached to an aromatic ring is 1. The van der Waals surface area contributed by atoms with E-state index in [0.29, 0.717) is 17.8 Å². The molecule has 182 valence electrons. The zero-order valence-corrected chi connectivity index (χ0v) is 19.5. The SMILES string of the molecule is CCOc1nc(N)nc2c1ncn2C1OC2(COS(C)(=O)=O)COC1C2OCc1ccccc1. The van der Waals surface area contributed by atoms with Crippen LogP contribution in [-0.4, -0.2) is 71.8 Å². The second-order valence-electron chi connectivity index (χ2n) is 8.18. The van der Waals surface area contributed by atoms with Gasteiger partial charge in [0.25, 0.3) is 10.1 Å². The summed E-state index contributed by atoms with van der Waals surface area (Å²) in [6.07, 6.45) is 0.627. The van der Waals surface area contributed by atoms with Crippen LogP contribution in [0.1, 0.15) is 18.7 Å². The van der Waals surface area contributed by atoms with E-state index in [9.17, 15) is 8.42 Å². The van der Waals surface area contributed by atoms with Gasteiger partial charge in [-0.2, -0.15) is 18.4 Å². The molecule has 2 aromatic heterocycles. The Bertz CT molecular complexity index is 1290. The highest BCUT2D eigenvalue weighted by Crippen LogP contribution is 2.48. The van der Waals surface area contributed by atoms with Crippen LogP contribution >= 0.6 is 0 Å². The van der Waals surface area contributed by atoms with Crippen LogP contribution in [0, 0.1) is 0 Å². The van der Waals surface area contributed by atoms with E-state index in [1.54, 1.807) is 4.57 Å². The lowest BCUT2D eigenvalue weighted by molar-refractivity contribution is -0.183. The van der Waals surface area contributed by atoms with Crippen LogP contribution in [0.5, 0.6) is 5.88 Å². The third kappa shape index (κ3) is 4.20. The van der Waals surface area contributed by atoms with Gasteiger partial charge < -0.3 is 24.7 Å². The molecule has 34 heavy (non-hydrogen) atoms. The minimum absolute atomic E-state index is 0.0220. The number of ether oxygens (including phenoxy) is 4. The fourth-order valence-electron chi connectivity index (χ4n) is 4.26. The van der Waals surface area contributed by atoms with E-state index in [0.717, 1.165) is 11.8 Å². The Morgan fingerprint density at radius 1 is 1.26 bits per heavy atom. The number of anilines is 1. The van der Waals surface area contributed by atoms with Gasteiger partial charge in [-0.05, 0) is 12.5 Å². The number of hydrogen-bond acceptors (Lipinski definition) is 11. The highest BCUT2D eigenvalue weighted by molar-refractivity contribution is 7.85. The number of nitrogens with zero attached hydrogens (tertiary/aromatic N) is 4. The maximum atomic E-state index is 11.7. The second kappa shape index (κ2) is 8.74. The highest BCUT2D eigenvalue weighted by atomic mass is 32.2. The van der Waals surface area contributed by atoms with Gasteiger partial charge in [-0.1, -0.05) is 30.3 Å². The molecule has 4 unspecified atom stereocenters.